The van der Waals surface area contributed by atoms with Crippen LogP contribution in [0.4, 0.5) is 0 Å². The summed E-state index contributed by atoms with van der Waals surface area (Å²) in [6.07, 6.45) is 3.97. The molecule has 0 saturated heterocycles. The van der Waals surface area contributed by atoms with Crippen LogP contribution in [0.25, 0.3) is 0 Å². The summed E-state index contributed by atoms with van der Waals surface area (Å²) >= 11 is 0. The predicted molar refractivity (Wildman–Crippen MR) is 71.5 cm³/mol. The molecule has 5 heteroatoms. The molecule has 1 unspecified atom stereocenters. The van der Waals surface area contributed by atoms with Gasteiger partial charge in [0.25, 0.3) is 0 Å². The molecule has 0 bridgehead atoms. The van der Waals surface area contributed by atoms with Crippen molar-refractivity contribution in [2.45, 2.75) is 43.7 Å². The van der Waals surface area contributed by atoms with Gasteiger partial charge in [0.2, 0.25) is 10.0 Å². The third-order valence-electron chi connectivity index (χ3n) is 3.29. The van der Waals surface area contributed by atoms with Crippen molar-refractivity contribution in [2.24, 2.45) is 11.1 Å². The Hall–Kier alpha value is -0.910. The number of nitrogens with two attached hydrogens (primary N) is 1. The lowest BCUT2D eigenvalue weighted by Gasteiger charge is -2.13. The Balaban J connectivity index is 1.85. The Bertz CT molecular complexity index is 492. The fraction of sp³-hybridized carbons (Fsp3) is 0.538. The van der Waals surface area contributed by atoms with Crippen LogP contribution in [-0.4, -0.2) is 14.5 Å². The molecule has 2 rings (SSSR count). The lowest BCUT2D eigenvalue weighted by atomic mass is 10.1. The summed E-state index contributed by atoms with van der Waals surface area (Å²) in [5, 5.41) is 8.50. The van der Waals surface area contributed by atoms with Gasteiger partial charge in [-0.15, -0.1) is 0 Å². The molecule has 1 saturated carbocycles. The van der Waals surface area contributed by atoms with Crippen molar-refractivity contribution >= 4 is 10.0 Å². The minimum atomic E-state index is -3.58. The van der Waals surface area contributed by atoms with E-state index in [1.54, 1.807) is 24.3 Å². The van der Waals surface area contributed by atoms with Crippen LogP contribution in [-0.2, 0) is 16.6 Å². The SMILES string of the molecule is CC(CC1CC1)NCc1ccc(S(N)(=O)=O)cc1. The summed E-state index contributed by atoms with van der Waals surface area (Å²) in [5.74, 6) is 0.914. The Kier molecular flexibility index (Phi) is 4.04. The van der Waals surface area contributed by atoms with E-state index in [1.807, 2.05) is 0 Å². The van der Waals surface area contributed by atoms with Crippen LogP contribution in [0.3, 0.4) is 0 Å². The third kappa shape index (κ3) is 4.08. The first-order valence-corrected chi connectivity index (χ1v) is 7.85. The molecule has 0 spiro atoms. The minimum absolute atomic E-state index is 0.164. The largest absolute Gasteiger partial charge is 0.310 e. The minimum Gasteiger partial charge on any atom is -0.310 e. The summed E-state index contributed by atoms with van der Waals surface area (Å²) in [5.41, 5.74) is 1.07. The van der Waals surface area contributed by atoms with E-state index in [4.69, 9.17) is 5.14 Å². The van der Waals surface area contributed by atoms with Gasteiger partial charge in [0.15, 0.2) is 0 Å². The van der Waals surface area contributed by atoms with Gasteiger partial charge in [-0.05, 0) is 37.0 Å². The Labute approximate surface area is 109 Å². The number of sulfonamides is 1. The van der Waals surface area contributed by atoms with Crippen molar-refractivity contribution in [3.63, 3.8) is 0 Å². The van der Waals surface area contributed by atoms with E-state index < -0.39 is 10.0 Å². The van der Waals surface area contributed by atoms with E-state index in [9.17, 15) is 8.42 Å². The molecule has 0 aromatic heterocycles. The molecule has 1 atom stereocenters. The predicted octanol–water partition coefficient (Wildman–Crippen LogP) is 1.61. The van der Waals surface area contributed by atoms with Crippen LogP contribution >= 0.6 is 0 Å². The van der Waals surface area contributed by atoms with Crippen molar-refractivity contribution in [2.75, 3.05) is 0 Å². The van der Waals surface area contributed by atoms with E-state index >= 15 is 0 Å². The van der Waals surface area contributed by atoms with Gasteiger partial charge in [-0.1, -0.05) is 25.0 Å². The zero-order chi connectivity index (χ0) is 13.2. The third-order valence-corrected chi connectivity index (χ3v) is 4.22. The van der Waals surface area contributed by atoms with E-state index in [-0.39, 0.29) is 4.90 Å². The van der Waals surface area contributed by atoms with Crippen molar-refractivity contribution in [1.29, 1.82) is 0 Å². The highest BCUT2D eigenvalue weighted by molar-refractivity contribution is 7.89. The molecular formula is C13H20N2O2S. The monoisotopic (exact) mass is 268 g/mol. The molecule has 100 valence electrons. The van der Waals surface area contributed by atoms with Gasteiger partial charge in [0.05, 0.1) is 4.90 Å². The maximum Gasteiger partial charge on any atom is 0.238 e. The van der Waals surface area contributed by atoms with Crippen molar-refractivity contribution in [3.05, 3.63) is 29.8 Å². The van der Waals surface area contributed by atoms with Gasteiger partial charge < -0.3 is 5.32 Å². The zero-order valence-electron chi connectivity index (χ0n) is 10.6. The average molecular weight is 268 g/mol. The molecular weight excluding hydrogens is 248 g/mol. The van der Waals surface area contributed by atoms with Crippen LogP contribution < -0.4 is 10.5 Å². The highest BCUT2D eigenvalue weighted by Gasteiger charge is 2.23. The second kappa shape index (κ2) is 5.38. The average Bonchev–Trinajstić information content (AvgIpc) is 3.10. The number of primary sulfonamides is 1. The number of hydrogen-bond donors (Lipinski definition) is 2. The topological polar surface area (TPSA) is 72.2 Å². The standard InChI is InChI=1S/C13H20N2O2S/c1-10(8-11-2-3-11)15-9-12-4-6-13(7-5-12)18(14,16)17/h4-7,10-11,15H,2-3,8-9H2,1H3,(H2,14,16,17). The molecule has 0 aliphatic heterocycles. The van der Waals surface area contributed by atoms with E-state index in [0.717, 1.165) is 18.0 Å². The van der Waals surface area contributed by atoms with Gasteiger partial charge in [-0.3, -0.25) is 0 Å². The molecule has 1 aliphatic carbocycles. The lowest BCUT2D eigenvalue weighted by molar-refractivity contribution is 0.487. The summed E-state index contributed by atoms with van der Waals surface area (Å²) in [6, 6.07) is 7.22. The Morgan fingerprint density at radius 3 is 2.44 bits per heavy atom. The highest BCUT2D eigenvalue weighted by atomic mass is 32.2. The lowest BCUT2D eigenvalue weighted by Crippen LogP contribution is -2.25. The molecule has 1 aromatic rings. The van der Waals surface area contributed by atoms with Gasteiger partial charge in [0, 0.05) is 12.6 Å². The van der Waals surface area contributed by atoms with E-state index in [2.05, 4.69) is 12.2 Å². The van der Waals surface area contributed by atoms with Crippen molar-refractivity contribution in [3.8, 4) is 0 Å². The second-order valence-corrected chi connectivity index (χ2v) is 6.71. The molecule has 4 nitrogen and oxygen atoms in total. The number of benzene rings is 1. The molecule has 3 N–H and O–H groups in total. The highest BCUT2D eigenvalue weighted by Crippen LogP contribution is 2.33. The molecule has 18 heavy (non-hydrogen) atoms. The quantitative estimate of drug-likeness (QED) is 0.823. The maximum absolute atomic E-state index is 11.1. The Morgan fingerprint density at radius 1 is 1.33 bits per heavy atom. The van der Waals surface area contributed by atoms with Gasteiger partial charge in [-0.2, -0.15) is 0 Å². The molecule has 1 fully saturated rings. The molecule has 0 amide bonds. The Morgan fingerprint density at radius 2 is 1.94 bits per heavy atom. The first-order chi connectivity index (χ1) is 8.45. The van der Waals surface area contributed by atoms with Crippen LogP contribution in [0.2, 0.25) is 0 Å². The number of hydrogen-bond acceptors (Lipinski definition) is 3. The van der Waals surface area contributed by atoms with Crippen LogP contribution in [0.5, 0.6) is 0 Å². The summed E-state index contributed by atoms with van der Waals surface area (Å²) in [7, 11) is -3.58. The first kappa shape index (κ1) is 13.5. The van der Waals surface area contributed by atoms with Gasteiger partial charge in [0.1, 0.15) is 0 Å². The first-order valence-electron chi connectivity index (χ1n) is 6.30. The van der Waals surface area contributed by atoms with Gasteiger partial charge >= 0.3 is 0 Å². The molecule has 0 heterocycles. The fourth-order valence-electron chi connectivity index (χ4n) is 2.03. The van der Waals surface area contributed by atoms with Crippen LogP contribution in [0.1, 0.15) is 31.7 Å². The maximum atomic E-state index is 11.1. The summed E-state index contributed by atoms with van der Waals surface area (Å²) in [4.78, 5) is 0.164. The van der Waals surface area contributed by atoms with Crippen molar-refractivity contribution in [1.82, 2.24) is 5.32 Å². The molecule has 1 aromatic carbocycles. The molecule has 0 radical (unpaired) electrons. The normalized spacial score (nSPS) is 17.7. The van der Waals surface area contributed by atoms with Crippen LogP contribution in [0.15, 0.2) is 29.2 Å². The summed E-state index contributed by atoms with van der Waals surface area (Å²) in [6.45, 7) is 2.95. The smallest absolute Gasteiger partial charge is 0.238 e. The number of nitrogens with one attached hydrogen (secondary N) is 1. The van der Waals surface area contributed by atoms with Gasteiger partial charge in [-0.25, -0.2) is 13.6 Å². The van der Waals surface area contributed by atoms with Crippen LogP contribution in [0, 0.1) is 5.92 Å². The molecule has 1 aliphatic rings. The van der Waals surface area contributed by atoms with E-state index in [0.29, 0.717) is 6.04 Å². The fourth-order valence-corrected chi connectivity index (χ4v) is 2.54. The second-order valence-electron chi connectivity index (χ2n) is 5.15. The zero-order valence-corrected chi connectivity index (χ0v) is 11.4. The summed E-state index contributed by atoms with van der Waals surface area (Å²) < 4.78 is 22.2. The van der Waals surface area contributed by atoms with E-state index in [1.165, 1.54) is 19.3 Å². The number of rotatable bonds is 6. The van der Waals surface area contributed by atoms with Crippen molar-refractivity contribution < 1.29 is 8.42 Å².